The smallest absolute Gasteiger partial charge is 0.305 e. The van der Waals surface area contributed by atoms with Crippen molar-refractivity contribution in [3.05, 3.63) is 22.7 Å². The van der Waals surface area contributed by atoms with Gasteiger partial charge in [0.05, 0.1) is 12.1 Å². The topological polar surface area (TPSA) is 101 Å². The standard InChI is InChI=1S/C12H15N5O3S/c1-3-16(8(2)6-10(18)19)12(20)11-9(4-5-21-11)17-7-13-14-15-17/h4-5,7-8H,3,6H2,1-2H3,(H,18,19). The Morgan fingerprint density at radius 1 is 1.52 bits per heavy atom. The van der Waals surface area contributed by atoms with Gasteiger partial charge in [-0.3, -0.25) is 9.59 Å². The molecule has 0 aliphatic rings. The van der Waals surface area contributed by atoms with E-state index in [1.807, 2.05) is 6.92 Å². The number of thiophene rings is 1. The second-order valence-electron chi connectivity index (χ2n) is 4.43. The lowest BCUT2D eigenvalue weighted by Crippen LogP contribution is -2.39. The Morgan fingerprint density at radius 2 is 2.29 bits per heavy atom. The fraction of sp³-hybridized carbons (Fsp3) is 0.417. The molecule has 0 spiro atoms. The molecule has 0 aromatic carbocycles. The first-order valence-electron chi connectivity index (χ1n) is 6.38. The Bertz CT molecular complexity index is 625. The lowest BCUT2D eigenvalue weighted by molar-refractivity contribution is -0.138. The fourth-order valence-corrected chi connectivity index (χ4v) is 2.90. The van der Waals surface area contributed by atoms with Crippen molar-refractivity contribution < 1.29 is 14.7 Å². The second kappa shape index (κ2) is 6.44. The van der Waals surface area contributed by atoms with Crippen LogP contribution in [-0.4, -0.2) is 54.7 Å². The molecular weight excluding hydrogens is 294 g/mol. The minimum absolute atomic E-state index is 0.0921. The van der Waals surface area contributed by atoms with Crippen molar-refractivity contribution in [1.82, 2.24) is 25.1 Å². The van der Waals surface area contributed by atoms with Crippen LogP contribution in [0.5, 0.6) is 0 Å². The summed E-state index contributed by atoms with van der Waals surface area (Å²) in [7, 11) is 0. The predicted octanol–water partition coefficient (Wildman–Crippen LogP) is 1.05. The molecule has 112 valence electrons. The van der Waals surface area contributed by atoms with Crippen molar-refractivity contribution in [2.75, 3.05) is 6.54 Å². The molecule has 2 heterocycles. The molecule has 1 N–H and O–H groups in total. The van der Waals surface area contributed by atoms with Crippen molar-refractivity contribution in [1.29, 1.82) is 0 Å². The molecule has 8 nitrogen and oxygen atoms in total. The maximum absolute atomic E-state index is 12.6. The third-order valence-corrected chi connectivity index (χ3v) is 3.93. The van der Waals surface area contributed by atoms with Crippen LogP contribution in [-0.2, 0) is 4.79 Å². The molecule has 1 amide bonds. The molecule has 2 aromatic heterocycles. The van der Waals surface area contributed by atoms with Crippen LogP contribution in [0.4, 0.5) is 0 Å². The number of carbonyl (C=O) groups excluding carboxylic acids is 1. The highest BCUT2D eigenvalue weighted by molar-refractivity contribution is 7.12. The van der Waals surface area contributed by atoms with Crippen molar-refractivity contribution in [2.45, 2.75) is 26.3 Å². The largest absolute Gasteiger partial charge is 0.481 e. The molecule has 0 aliphatic carbocycles. The summed E-state index contributed by atoms with van der Waals surface area (Å²) in [6, 6.07) is 1.37. The Labute approximate surface area is 125 Å². The van der Waals surface area contributed by atoms with Crippen LogP contribution in [0.2, 0.25) is 0 Å². The van der Waals surface area contributed by atoms with Crippen LogP contribution in [0.1, 0.15) is 29.9 Å². The molecule has 2 aromatic rings. The fourth-order valence-electron chi connectivity index (χ4n) is 2.06. The number of carboxylic acids is 1. The van der Waals surface area contributed by atoms with Crippen molar-refractivity contribution in [3.63, 3.8) is 0 Å². The van der Waals surface area contributed by atoms with Gasteiger partial charge >= 0.3 is 5.97 Å². The molecule has 1 atom stereocenters. The van der Waals surface area contributed by atoms with Crippen molar-refractivity contribution in [3.8, 4) is 5.69 Å². The maximum atomic E-state index is 12.6. The highest BCUT2D eigenvalue weighted by atomic mass is 32.1. The SMILES string of the molecule is CCN(C(=O)c1sccc1-n1cnnn1)C(C)CC(=O)O. The zero-order valence-electron chi connectivity index (χ0n) is 11.6. The summed E-state index contributed by atoms with van der Waals surface area (Å²) in [5.41, 5.74) is 0.593. The van der Waals surface area contributed by atoms with Gasteiger partial charge in [0.15, 0.2) is 0 Å². The van der Waals surface area contributed by atoms with Crippen molar-refractivity contribution >= 4 is 23.2 Å². The van der Waals surface area contributed by atoms with Gasteiger partial charge in [-0.25, -0.2) is 0 Å². The molecule has 21 heavy (non-hydrogen) atoms. The summed E-state index contributed by atoms with van der Waals surface area (Å²) in [5, 5.41) is 21.5. The molecular formula is C12H15N5O3S. The van der Waals surface area contributed by atoms with Crippen LogP contribution in [0, 0.1) is 0 Å². The van der Waals surface area contributed by atoms with Crippen LogP contribution in [0.25, 0.3) is 5.69 Å². The lowest BCUT2D eigenvalue weighted by atomic mass is 10.2. The maximum Gasteiger partial charge on any atom is 0.305 e. The van der Waals surface area contributed by atoms with E-state index in [1.165, 1.54) is 27.2 Å². The Morgan fingerprint density at radius 3 is 2.86 bits per heavy atom. The number of amides is 1. The van der Waals surface area contributed by atoms with E-state index in [2.05, 4.69) is 15.5 Å². The average molecular weight is 309 g/mol. The Hall–Kier alpha value is -2.29. The third kappa shape index (κ3) is 3.24. The monoisotopic (exact) mass is 309 g/mol. The molecule has 0 saturated carbocycles. The molecule has 9 heteroatoms. The molecule has 0 aliphatic heterocycles. The Kier molecular flexibility index (Phi) is 4.63. The molecule has 0 fully saturated rings. The number of nitrogens with zero attached hydrogens (tertiary/aromatic N) is 5. The van der Waals surface area contributed by atoms with E-state index in [0.29, 0.717) is 17.1 Å². The number of rotatable bonds is 6. The zero-order valence-corrected chi connectivity index (χ0v) is 12.4. The summed E-state index contributed by atoms with van der Waals surface area (Å²) >= 11 is 1.28. The number of hydrogen-bond donors (Lipinski definition) is 1. The highest BCUT2D eigenvalue weighted by Gasteiger charge is 2.25. The van der Waals surface area contributed by atoms with E-state index in [9.17, 15) is 9.59 Å². The van der Waals surface area contributed by atoms with Crippen LogP contribution in [0.15, 0.2) is 17.8 Å². The van der Waals surface area contributed by atoms with Gasteiger partial charge < -0.3 is 10.0 Å². The number of hydrogen-bond acceptors (Lipinski definition) is 6. The normalized spacial score (nSPS) is 12.1. The number of aliphatic carboxylic acids is 1. The highest BCUT2D eigenvalue weighted by Crippen LogP contribution is 2.23. The predicted molar refractivity (Wildman–Crippen MR) is 75.5 cm³/mol. The zero-order chi connectivity index (χ0) is 15.4. The van der Waals surface area contributed by atoms with Gasteiger partial charge in [0.1, 0.15) is 11.2 Å². The average Bonchev–Trinajstić information content (AvgIpc) is 3.09. The van der Waals surface area contributed by atoms with E-state index < -0.39 is 5.97 Å². The summed E-state index contributed by atoms with van der Waals surface area (Å²) in [5.74, 6) is -1.15. The molecule has 0 bridgehead atoms. The van der Waals surface area contributed by atoms with E-state index in [4.69, 9.17) is 5.11 Å². The van der Waals surface area contributed by atoms with Crippen LogP contribution in [0.3, 0.4) is 0 Å². The van der Waals surface area contributed by atoms with E-state index in [-0.39, 0.29) is 18.4 Å². The minimum Gasteiger partial charge on any atom is -0.481 e. The number of carboxylic acid groups (broad SMARTS) is 1. The van der Waals surface area contributed by atoms with Gasteiger partial charge in [-0.1, -0.05) is 0 Å². The first-order valence-corrected chi connectivity index (χ1v) is 7.26. The molecule has 2 rings (SSSR count). The van der Waals surface area contributed by atoms with Crippen LogP contribution >= 0.6 is 11.3 Å². The minimum atomic E-state index is -0.930. The van der Waals surface area contributed by atoms with E-state index in [1.54, 1.807) is 18.4 Å². The summed E-state index contributed by atoms with van der Waals surface area (Å²) in [6.45, 7) is 3.97. The summed E-state index contributed by atoms with van der Waals surface area (Å²) in [4.78, 5) is 25.5. The van der Waals surface area contributed by atoms with Crippen LogP contribution < -0.4 is 0 Å². The quantitative estimate of drug-likeness (QED) is 0.856. The summed E-state index contributed by atoms with van der Waals surface area (Å²) < 4.78 is 1.42. The second-order valence-corrected chi connectivity index (χ2v) is 5.34. The van der Waals surface area contributed by atoms with E-state index in [0.717, 1.165) is 0 Å². The van der Waals surface area contributed by atoms with Gasteiger partial charge in [0, 0.05) is 12.6 Å². The molecule has 0 radical (unpaired) electrons. The first-order chi connectivity index (χ1) is 10.0. The number of tetrazole rings is 1. The van der Waals surface area contributed by atoms with Gasteiger partial charge in [0.25, 0.3) is 5.91 Å². The van der Waals surface area contributed by atoms with Crippen molar-refractivity contribution in [2.24, 2.45) is 0 Å². The summed E-state index contributed by atoms with van der Waals surface area (Å²) in [6.07, 6.45) is 1.32. The lowest BCUT2D eigenvalue weighted by Gasteiger charge is -2.26. The molecule has 0 saturated heterocycles. The van der Waals surface area contributed by atoms with Gasteiger partial charge in [-0.2, -0.15) is 4.68 Å². The molecule has 1 unspecified atom stereocenters. The third-order valence-electron chi connectivity index (χ3n) is 3.04. The first kappa shape index (κ1) is 15.1. The van der Waals surface area contributed by atoms with E-state index >= 15 is 0 Å². The number of aromatic nitrogens is 4. The number of carbonyl (C=O) groups is 2. The van der Waals surface area contributed by atoms with Gasteiger partial charge in [0.2, 0.25) is 0 Å². The van der Waals surface area contributed by atoms with Gasteiger partial charge in [-0.15, -0.1) is 16.4 Å². The Balaban J connectivity index is 2.27. The van der Waals surface area contributed by atoms with Gasteiger partial charge in [-0.05, 0) is 35.7 Å².